The second-order valence-corrected chi connectivity index (χ2v) is 5.78. The van der Waals surface area contributed by atoms with Gasteiger partial charge in [-0.15, -0.1) is 0 Å². The van der Waals surface area contributed by atoms with Crippen molar-refractivity contribution in [2.75, 3.05) is 20.8 Å². The number of benzene rings is 1. The summed E-state index contributed by atoms with van der Waals surface area (Å²) in [5, 5.41) is 10.1. The molecule has 0 radical (unpaired) electrons. The largest absolute Gasteiger partial charge is 0.497 e. The molecular formula is C18H22N2O3. The van der Waals surface area contributed by atoms with Crippen LogP contribution in [0.2, 0.25) is 0 Å². The second-order valence-electron chi connectivity index (χ2n) is 5.78. The van der Waals surface area contributed by atoms with Gasteiger partial charge in [-0.3, -0.25) is 4.90 Å². The molecule has 0 bridgehead atoms. The Bertz CT molecular complexity index is 662. The van der Waals surface area contributed by atoms with Crippen LogP contribution in [0.3, 0.4) is 0 Å². The van der Waals surface area contributed by atoms with Crippen molar-refractivity contribution in [3.8, 4) is 11.6 Å². The summed E-state index contributed by atoms with van der Waals surface area (Å²) in [6.07, 6.45) is 2.12. The normalized spacial score (nSPS) is 21.3. The Balaban J connectivity index is 1.84. The van der Waals surface area contributed by atoms with Gasteiger partial charge in [0.15, 0.2) is 0 Å². The van der Waals surface area contributed by atoms with Crippen molar-refractivity contribution in [1.29, 1.82) is 0 Å². The Kier molecular flexibility index (Phi) is 4.79. The topological polar surface area (TPSA) is 54.8 Å². The van der Waals surface area contributed by atoms with Crippen LogP contribution >= 0.6 is 0 Å². The molecule has 5 heteroatoms. The van der Waals surface area contributed by atoms with Crippen molar-refractivity contribution in [2.24, 2.45) is 0 Å². The fourth-order valence-corrected chi connectivity index (χ4v) is 3.20. The molecule has 5 nitrogen and oxygen atoms in total. The molecule has 0 amide bonds. The van der Waals surface area contributed by atoms with Crippen LogP contribution in [-0.4, -0.2) is 41.9 Å². The number of pyridine rings is 1. The van der Waals surface area contributed by atoms with Crippen LogP contribution in [0, 0.1) is 0 Å². The van der Waals surface area contributed by atoms with Gasteiger partial charge >= 0.3 is 0 Å². The monoisotopic (exact) mass is 314 g/mol. The van der Waals surface area contributed by atoms with Crippen LogP contribution in [0.1, 0.15) is 23.6 Å². The highest BCUT2D eigenvalue weighted by Crippen LogP contribution is 2.35. The predicted molar refractivity (Wildman–Crippen MR) is 87.6 cm³/mol. The summed E-state index contributed by atoms with van der Waals surface area (Å²) in [4.78, 5) is 6.51. The van der Waals surface area contributed by atoms with E-state index in [2.05, 4.69) is 16.0 Å². The van der Waals surface area contributed by atoms with Crippen molar-refractivity contribution < 1.29 is 14.6 Å². The van der Waals surface area contributed by atoms with Gasteiger partial charge in [-0.2, -0.15) is 0 Å². The first-order valence-corrected chi connectivity index (χ1v) is 7.75. The quantitative estimate of drug-likeness (QED) is 0.918. The minimum absolute atomic E-state index is 0.157. The van der Waals surface area contributed by atoms with Gasteiger partial charge in [-0.1, -0.05) is 18.2 Å². The molecule has 0 spiro atoms. The fraction of sp³-hybridized carbons (Fsp3) is 0.389. The zero-order valence-electron chi connectivity index (χ0n) is 13.5. The molecule has 2 atom stereocenters. The zero-order chi connectivity index (χ0) is 16.2. The summed E-state index contributed by atoms with van der Waals surface area (Å²) in [7, 11) is 3.30. The van der Waals surface area contributed by atoms with E-state index in [-0.39, 0.29) is 12.1 Å². The van der Waals surface area contributed by atoms with E-state index in [0.29, 0.717) is 19.0 Å². The first kappa shape index (κ1) is 15.8. The number of hydrogen-bond donors (Lipinski definition) is 1. The van der Waals surface area contributed by atoms with Crippen LogP contribution in [-0.2, 0) is 6.54 Å². The van der Waals surface area contributed by atoms with E-state index in [0.717, 1.165) is 23.3 Å². The van der Waals surface area contributed by atoms with E-state index in [9.17, 15) is 5.11 Å². The molecule has 2 aromatic rings. The van der Waals surface area contributed by atoms with E-state index in [1.165, 1.54) is 0 Å². The predicted octanol–water partition coefficient (Wildman–Crippen LogP) is 2.41. The first-order chi connectivity index (χ1) is 11.2. The molecule has 1 aromatic heterocycles. The molecular weight excluding hydrogens is 292 g/mol. The smallest absolute Gasteiger partial charge is 0.217 e. The van der Waals surface area contributed by atoms with Crippen LogP contribution in [0.4, 0.5) is 0 Å². The summed E-state index contributed by atoms with van der Waals surface area (Å²) < 4.78 is 10.7. The Labute approximate surface area is 136 Å². The molecule has 0 aliphatic carbocycles. The maximum atomic E-state index is 10.1. The Hall–Kier alpha value is -2.11. The number of aliphatic hydroxyl groups excluding tert-OH is 1. The van der Waals surface area contributed by atoms with Crippen LogP contribution < -0.4 is 9.47 Å². The second kappa shape index (κ2) is 6.98. The molecule has 1 aliphatic rings. The highest BCUT2D eigenvalue weighted by Gasteiger charge is 2.32. The molecule has 0 unspecified atom stereocenters. The maximum absolute atomic E-state index is 10.1. The molecule has 122 valence electrons. The van der Waals surface area contributed by atoms with Gasteiger partial charge in [0.05, 0.1) is 20.3 Å². The number of rotatable bonds is 5. The van der Waals surface area contributed by atoms with Crippen molar-refractivity contribution in [3.63, 3.8) is 0 Å². The lowest BCUT2D eigenvalue weighted by Gasteiger charge is -2.25. The zero-order valence-corrected chi connectivity index (χ0v) is 13.5. The van der Waals surface area contributed by atoms with Gasteiger partial charge < -0.3 is 14.6 Å². The van der Waals surface area contributed by atoms with Crippen LogP contribution in [0.15, 0.2) is 42.6 Å². The minimum Gasteiger partial charge on any atom is -0.497 e. The Morgan fingerprint density at radius 2 is 2.09 bits per heavy atom. The molecule has 2 heterocycles. The lowest BCUT2D eigenvalue weighted by Crippen LogP contribution is -2.24. The van der Waals surface area contributed by atoms with Gasteiger partial charge in [0.2, 0.25) is 5.88 Å². The highest BCUT2D eigenvalue weighted by atomic mass is 16.5. The number of ether oxygens (including phenoxy) is 2. The van der Waals surface area contributed by atoms with E-state index in [4.69, 9.17) is 9.47 Å². The highest BCUT2D eigenvalue weighted by molar-refractivity contribution is 5.32. The average Bonchev–Trinajstić information content (AvgIpc) is 2.96. The number of likely N-dealkylation sites (tertiary alicyclic amines) is 1. The lowest BCUT2D eigenvalue weighted by atomic mass is 10.0. The lowest BCUT2D eigenvalue weighted by molar-refractivity contribution is 0.172. The summed E-state index contributed by atoms with van der Waals surface area (Å²) in [5.41, 5.74) is 2.18. The van der Waals surface area contributed by atoms with Crippen molar-refractivity contribution in [2.45, 2.75) is 25.1 Å². The van der Waals surface area contributed by atoms with Gasteiger partial charge in [-0.05, 0) is 30.2 Å². The molecule has 0 saturated carbocycles. The maximum Gasteiger partial charge on any atom is 0.217 e. The third-order valence-corrected chi connectivity index (χ3v) is 4.28. The molecule has 1 aliphatic heterocycles. The molecule has 1 aromatic carbocycles. The Morgan fingerprint density at radius 1 is 1.22 bits per heavy atom. The summed E-state index contributed by atoms with van der Waals surface area (Å²) in [6.45, 7) is 1.33. The Morgan fingerprint density at radius 3 is 2.87 bits per heavy atom. The van der Waals surface area contributed by atoms with Crippen molar-refractivity contribution >= 4 is 0 Å². The SMILES string of the molecule is COc1cccc([C@H]2C[C@H](O)CN2Cc2cccnc2OC)c1. The van der Waals surface area contributed by atoms with Crippen molar-refractivity contribution in [3.05, 3.63) is 53.7 Å². The van der Waals surface area contributed by atoms with Crippen molar-refractivity contribution in [1.82, 2.24) is 9.88 Å². The number of nitrogens with zero attached hydrogens (tertiary/aromatic N) is 2. The van der Waals surface area contributed by atoms with Crippen LogP contribution in [0.25, 0.3) is 0 Å². The van der Waals surface area contributed by atoms with E-state index in [1.807, 2.05) is 30.3 Å². The van der Waals surface area contributed by atoms with E-state index in [1.54, 1.807) is 20.4 Å². The molecule has 1 N–H and O–H groups in total. The third-order valence-electron chi connectivity index (χ3n) is 4.28. The van der Waals surface area contributed by atoms with Gasteiger partial charge in [0.1, 0.15) is 5.75 Å². The minimum atomic E-state index is -0.325. The molecule has 1 fully saturated rings. The van der Waals surface area contributed by atoms with E-state index < -0.39 is 0 Å². The fourth-order valence-electron chi connectivity index (χ4n) is 3.20. The van der Waals surface area contributed by atoms with Crippen LogP contribution in [0.5, 0.6) is 11.6 Å². The number of β-amino-alcohol motifs (C(OH)–C–C–N with tert-alkyl or cyclic N) is 1. The number of hydrogen-bond acceptors (Lipinski definition) is 5. The number of aliphatic hydroxyl groups is 1. The number of methoxy groups -OCH3 is 2. The van der Waals surface area contributed by atoms with Gasteiger partial charge in [0, 0.05) is 30.9 Å². The summed E-state index contributed by atoms with van der Waals surface area (Å²) >= 11 is 0. The number of aromatic nitrogens is 1. The third kappa shape index (κ3) is 3.46. The summed E-state index contributed by atoms with van der Waals surface area (Å²) in [6, 6.07) is 12.1. The molecule has 3 rings (SSSR count). The van der Waals surface area contributed by atoms with E-state index >= 15 is 0 Å². The molecule has 23 heavy (non-hydrogen) atoms. The first-order valence-electron chi connectivity index (χ1n) is 7.75. The standard InChI is InChI=1S/C18H22N2O3/c1-22-16-7-3-5-13(9-16)17-10-15(21)12-20(17)11-14-6-4-8-19-18(14)23-2/h3-9,15,17,21H,10-12H2,1-2H3/t15-,17+/m0/s1. The van der Waals surface area contributed by atoms with Gasteiger partial charge in [-0.25, -0.2) is 4.98 Å². The molecule has 1 saturated heterocycles. The van der Waals surface area contributed by atoms with Gasteiger partial charge in [0.25, 0.3) is 0 Å². The summed E-state index contributed by atoms with van der Waals surface area (Å²) in [5.74, 6) is 1.47. The average molecular weight is 314 g/mol.